The van der Waals surface area contributed by atoms with Gasteiger partial charge in [-0.05, 0) is 26.0 Å². The van der Waals surface area contributed by atoms with Gasteiger partial charge in [0.25, 0.3) is 5.91 Å². The van der Waals surface area contributed by atoms with E-state index in [-0.39, 0.29) is 5.91 Å². The third-order valence-corrected chi connectivity index (χ3v) is 6.04. The van der Waals surface area contributed by atoms with Crippen molar-refractivity contribution in [1.82, 2.24) is 29.7 Å². The molecule has 1 fully saturated rings. The summed E-state index contributed by atoms with van der Waals surface area (Å²) in [4.78, 5) is 21.8. The van der Waals surface area contributed by atoms with Crippen molar-refractivity contribution in [2.24, 2.45) is 0 Å². The van der Waals surface area contributed by atoms with E-state index in [4.69, 9.17) is 4.52 Å². The number of carbonyl (C=O) groups excluding carboxylic acids is 1. The molecule has 1 saturated heterocycles. The molecule has 1 aliphatic heterocycles. The number of rotatable bonds is 5. The third-order valence-electron chi connectivity index (χ3n) is 6.04. The van der Waals surface area contributed by atoms with Crippen LogP contribution in [0.3, 0.4) is 0 Å². The van der Waals surface area contributed by atoms with Crippen LogP contribution in [0.15, 0.2) is 65.3 Å². The fourth-order valence-electron chi connectivity index (χ4n) is 4.06. The van der Waals surface area contributed by atoms with Crippen molar-refractivity contribution in [3.63, 3.8) is 0 Å². The second kappa shape index (κ2) is 8.99. The van der Waals surface area contributed by atoms with E-state index in [2.05, 4.69) is 20.1 Å². The van der Waals surface area contributed by atoms with Crippen LogP contribution in [0.4, 0.5) is 0 Å². The quantitative estimate of drug-likeness (QED) is 0.471. The second-order valence-electron chi connectivity index (χ2n) is 8.34. The molecule has 168 valence electrons. The van der Waals surface area contributed by atoms with Gasteiger partial charge in [-0.25, -0.2) is 4.68 Å². The van der Waals surface area contributed by atoms with Crippen LogP contribution in [0.5, 0.6) is 0 Å². The lowest BCUT2D eigenvalue weighted by atomic mass is 10.1. The third kappa shape index (κ3) is 4.42. The maximum Gasteiger partial charge on any atom is 0.257 e. The maximum atomic E-state index is 13.1. The predicted octanol–water partition coefficient (Wildman–Crippen LogP) is 3.50. The molecule has 0 atom stereocenters. The first kappa shape index (κ1) is 21.1. The van der Waals surface area contributed by atoms with Gasteiger partial charge >= 0.3 is 0 Å². The van der Waals surface area contributed by atoms with Crippen LogP contribution in [0, 0.1) is 13.8 Å². The number of aryl methyl sites for hydroxylation is 1. The number of nitrogens with zero attached hydrogens (tertiary/aromatic N) is 6. The van der Waals surface area contributed by atoms with E-state index in [1.807, 2.05) is 78.0 Å². The highest BCUT2D eigenvalue weighted by atomic mass is 16.5. The summed E-state index contributed by atoms with van der Waals surface area (Å²) in [5.41, 5.74) is 4.58. The zero-order chi connectivity index (χ0) is 22.8. The number of piperazine rings is 1. The molecule has 0 bridgehead atoms. The highest BCUT2D eigenvalue weighted by Crippen LogP contribution is 2.19. The minimum absolute atomic E-state index is 0.0220. The summed E-state index contributed by atoms with van der Waals surface area (Å²) in [6.45, 7) is 7.35. The lowest BCUT2D eigenvalue weighted by Gasteiger charge is -2.33. The van der Waals surface area contributed by atoms with Gasteiger partial charge in [0.2, 0.25) is 11.7 Å². The Kier molecular flexibility index (Phi) is 5.75. The Morgan fingerprint density at radius 2 is 1.70 bits per heavy atom. The van der Waals surface area contributed by atoms with Gasteiger partial charge in [0.15, 0.2) is 0 Å². The van der Waals surface area contributed by atoms with E-state index in [1.165, 1.54) is 5.56 Å². The van der Waals surface area contributed by atoms with E-state index < -0.39 is 0 Å². The molecule has 0 radical (unpaired) electrons. The Bertz CT molecular complexity index is 1240. The summed E-state index contributed by atoms with van der Waals surface area (Å²) in [5, 5.41) is 8.55. The van der Waals surface area contributed by atoms with E-state index in [9.17, 15) is 4.79 Å². The van der Waals surface area contributed by atoms with Crippen molar-refractivity contribution in [1.29, 1.82) is 0 Å². The first-order valence-corrected chi connectivity index (χ1v) is 11.1. The van der Waals surface area contributed by atoms with E-state index >= 15 is 0 Å². The zero-order valence-corrected chi connectivity index (χ0v) is 18.8. The van der Waals surface area contributed by atoms with Gasteiger partial charge in [-0.3, -0.25) is 9.69 Å². The lowest BCUT2D eigenvalue weighted by molar-refractivity contribution is 0.0614. The van der Waals surface area contributed by atoms with Gasteiger partial charge in [0.1, 0.15) is 0 Å². The van der Waals surface area contributed by atoms with Crippen LogP contribution in [-0.4, -0.2) is 61.8 Å². The molecule has 0 spiro atoms. The van der Waals surface area contributed by atoms with Crippen molar-refractivity contribution in [2.45, 2.75) is 20.4 Å². The molecule has 1 aliphatic rings. The molecule has 0 N–H and O–H groups in total. The summed E-state index contributed by atoms with van der Waals surface area (Å²) in [5.74, 6) is 1.21. The Labute approximate surface area is 192 Å². The number of benzene rings is 2. The summed E-state index contributed by atoms with van der Waals surface area (Å²) >= 11 is 0. The van der Waals surface area contributed by atoms with Crippen LogP contribution >= 0.6 is 0 Å². The van der Waals surface area contributed by atoms with Crippen molar-refractivity contribution in [3.8, 4) is 17.1 Å². The minimum Gasteiger partial charge on any atom is -0.338 e. The van der Waals surface area contributed by atoms with Crippen LogP contribution < -0.4 is 0 Å². The molecule has 2 aromatic carbocycles. The largest absolute Gasteiger partial charge is 0.338 e. The molecule has 8 heteroatoms. The first-order chi connectivity index (χ1) is 16.1. The van der Waals surface area contributed by atoms with Crippen LogP contribution in [0.25, 0.3) is 17.1 Å². The number of para-hydroxylation sites is 1. The van der Waals surface area contributed by atoms with E-state index in [1.54, 1.807) is 6.20 Å². The number of hydrogen-bond donors (Lipinski definition) is 0. The molecular weight excluding hydrogens is 416 g/mol. The van der Waals surface area contributed by atoms with Crippen LogP contribution in [0.2, 0.25) is 0 Å². The van der Waals surface area contributed by atoms with Crippen molar-refractivity contribution < 1.29 is 9.32 Å². The summed E-state index contributed by atoms with van der Waals surface area (Å²) < 4.78 is 7.27. The standard InChI is InChI=1S/C25H26N6O2/c1-18-8-10-20(11-9-18)24-27-23(33-28-24)17-29-12-14-30(15-13-29)25(32)22-16-26-31(19(22)2)21-6-4-3-5-7-21/h3-11,16H,12-15,17H2,1-2H3. The smallest absolute Gasteiger partial charge is 0.257 e. The molecule has 0 aliphatic carbocycles. The van der Waals surface area contributed by atoms with Crippen LogP contribution in [-0.2, 0) is 6.54 Å². The number of carbonyl (C=O) groups is 1. The van der Waals surface area contributed by atoms with Crippen molar-refractivity contribution in [2.75, 3.05) is 26.2 Å². The minimum atomic E-state index is 0.0220. The number of amides is 1. The molecule has 0 saturated carbocycles. The number of hydrogen-bond acceptors (Lipinski definition) is 6. The fourth-order valence-corrected chi connectivity index (χ4v) is 4.06. The average Bonchev–Trinajstić information content (AvgIpc) is 3.47. The molecule has 8 nitrogen and oxygen atoms in total. The van der Waals surface area contributed by atoms with E-state index in [0.717, 1.165) is 30.0 Å². The summed E-state index contributed by atoms with van der Waals surface area (Å²) in [6, 6.07) is 17.9. The lowest BCUT2D eigenvalue weighted by Crippen LogP contribution is -2.48. The Balaban J connectivity index is 1.19. The maximum absolute atomic E-state index is 13.1. The Morgan fingerprint density at radius 1 is 0.970 bits per heavy atom. The summed E-state index contributed by atoms with van der Waals surface area (Å²) in [6.07, 6.45) is 1.67. The zero-order valence-electron chi connectivity index (χ0n) is 18.8. The van der Waals surface area contributed by atoms with Gasteiger partial charge in [-0.15, -0.1) is 0 Å². The van der Waals surface area contributed by atoms with Crippen molar-refractivity contribution >= 4 is 5.91 Å². The van der Waals surface area contributed by atoms with Gasteiger partial charge in [0.05, 0.1) is 29.7 Å². The molecule has 5 rings (SSSR count). The Hall–Kier alpha value is -3.78. The Morgan fingerprint density at radius 3 is 2.42 bits per heavy atom. The average molecular weight is 443 g/mol. The SMILES string of the molecule is Cc1ccc(-c2noc(CN3CCN(C(=O)c4cnn(-c5ccccc5)c4C)CC3)n2)cc1. The fraction of sp³-hybridized carbons (Fsp3) is 0.280. The molecule has 4 aromatic rings. The summed E-state index contributed by atoms with van der Waals surface area (Å²) in [7, 11) is 0. The molecule has 2 aromatic heterocycles. The van der Waals surface area contributed by atoms with Gasteiger partial charge in [0, 0.05) is 31.7 Å². The monoisotopic (exact) mass is 442 g/mol. The topological polar surface area (TPSA) is 80.3 Å². The molecule has 0 unspecified atom stereocenters. The van der Waals surface area contributed by atoms with E-state index in [0.29, 0.717) is 36.9 Å². The molecule has 3 heterocycles. The van der Waals surface area contributed by atoms with Gasteiger partial charge in [-0.1, -0.05) is 53.2 Å². The highest BCUT2D eigenvalue weighted by Gasteiger charge is 2.26. The highest BCUT2D eigenvalue weighted by molar-refractivity contribution is 5.95. The second-order valence-corrected chi connectivity index (χ2v) is 8.34. The predicted molar refractivity (Wildman–Crippen MR) is 124 cm³/mol. The molecular formula is C25H26N6O2. The molecule has 1 amide bonds. The van der Waals surface area contributed by atoms with Gasteiger partial charge in [-0.2, -0.15) is 10.1 Å². The van der Waals surface area contributed by atoms with Crippen LogP contribution in [0.1, 0.15) is 27.5 Å². The number of aromatic nitrogens is 4. The van der Waals surface area contributed by atoms with Crippen molar-refractivity contribution in [3.05, 3.63) is 83.5 Å². The van der Waals surface area contributed by atoms with Gasteiger partial charge < -0.3 is 9.42 Å². The first-order valence-electron chi connectivity index (χ1n) is 11.1. The molecule has 33 heavy (non-hydrogen) atoms. The normalized spacial score (nSPS) is 14.5.